The van der Waals surface area contributed by atoms with Crippen LogP contribution in [-0.4, -0.2) is 30.5 Å². The minimum absolute atomic E-state index is 0.0756. The molecule has 0 spiro atoms. The van der Waals surface area contributed by atoms with Crippen molar-refractivity contribution in [2.75, 3.05) is 7.05 Å². The second-order valence-corrected chi connectivity index (χ2v) is 5.83. The molecule has 1 heterocycles. The summed E-state index contributed by atoms with van der Waals surface area (Å²) in [7, 11) is 2.92. The van der Waals surface area contributed by atoms with E-state index in [1.54, 1.807) is 7.05 Å². The molecule has 76 valence electrons. The Morgan fingerprint density at radius 1 is 1.46 bits per heavy atom. The van der Waals surface area contributed by atoms with E-state index in [0.717, 1.165) is 4.53 Å². The van der Waals surface area contributed by atoms with Crippen molar-refractivity contribution in [1.29, 1.82) is 0 Å². The Morgan fingerprint density at radius 3 is 2.08 bits per heavy atom. The van der Waals surface area contributed by atoms with Crippen molar-refractivity contribution < 1.29 is 8.42 Å². The van der Waals surface area contributed by atoms with Crippen LogP contribution in [0.2, 0.25) is 0 Å². The molecule has 0 radical (unpaired) electrons. The maximum absolute atomic E-state index is 11.1. The molecule has 0 aromatic carbocycles. The molecule has 0 saturated heterocycles. The Hall–Kier alpha value is 0.320. The minimum atomic E-state index is -3.81. The van der Waals surface area contributed by atoms with Gasteiger partial charge in [-0.25, -0.2) is 12.9 Å². The molecule has 0 aliphatic carbocycles. The summed E-state index contributed by atoms with van der Waals surface area (Å²) in [6.45, 7) is 1.53. The van der Waals surface area contributed by atoms with E-state index in [1.165, 1.54) is 11.9 Å². The fourth-order valence-electron chi connectivity index (χ4n) is 1.05. The Kier molecular flexibility index (Phi) is 3.04. The van der Waals surface area contributed by atoms with Gasteiger partial charge in [0.2, 0.25) is 0 Å². The van der Waals surface area contributed by atoms with Crippen LogP contribution >= 0.6 is 34.1 Å². The number of alkyl halides is 1. The highest BCUT2D eigenvalue weighted by Gasteiger charge is 2.39. The van der Waals surface area contributed by atoms with Crippen LogP contribution in [0.25, 0.3) is 0 Å². The molecule has 1 aliphatic rings. The molecule has 0 amide bonds. The first-order valence-corrected chi connectivity index (χ1v) is 6.33. The lowest BCUT2D eigenvalue weighted by atomic mass is 10.5. The third-order valence-electron chi connectivity index (χ3n) is 1.72. The summed E-state index contributed by atoms with van der Waals surface area (Å²) >= 11 is 11.5. The van der Waals surface area contributed by atoms with Crippen LogP contribution in [0.5, 0.6) is 0 Å². The standard InChI is InChI=1S/C5H7Cl3N2O2S/c1-3-4(13(8,11)12)5(6)9(2)10(3)7/h5H,1-2H3. The molecular weight excluding hydrogens is 258 g/mol. The van der Waals surface area contributed by atoms with Gasteiger partial charge in [0.25, 0.3) is 9.05 Å². The third-order valence-corrected chi connectivity index (χ3v) is 4.38. The van der Waals surface area contributed by atoms with Crippen LogP contribution in [0.3, 0.4) is 0 Å². The third kappa shape index (κ3) is 1.89. The highest BCUT2D eigenvalue weighted by Crippen LogP contribution is 2.36. The van der Waals surface area contributed by atoms with Gasteiger partial charge in [-0.3, -0.25) is 0 Å². The normalized spacial score (nSPS) is 25.9. The van der Waals surface area contributed by atoms with Crippen molar-refractivity contribution in [3.05, 3.63) is 10.6 Å². The zero-order chi connectivity index (χ0) is 10.4. The van der Waals surface area contributed by atoms with E-state index in [4.69, 9.17) is 34.1 Å². The molecular formula is C5H7Cl3N2O2S. The Morgan fingerprint density at radius 2 is 1.92 bits per heavy atom. The van der Waals surface area contributed by atoms with Gasteiger partial charge in [0.15, 0.2) is 0 Å². The van der Waals surface area contributed by atoms with Crippen LogP contribution in [0.4, 0.5) is 0 Å². The predicted molar refractivity (Wildman–Crippen MR) is 52.6 cm³/mol. The second kappa shape index (κ2) is 3.47. The molecule has 4 nitrogen and oxygen atoms in total. The molecule has 0 bridgehead atoms. The molecule has 1 unspecified atom stereocenters. The van der Waals surface area contributed by atoms with Gasteiger partial charge in [0, 0.05) is 29.5 Å². The van der Waals surface area contributed by atoms with E-state index in [1.807, 2.05) is 0 Å². The largest absolute Gasteiger partial charge is 0.262 e. The quantitative estimate of drug-likeness (QED) is 0.313. The molecule has 0 N–H and O–H groups in total. The van der Waals surface area contributed by atoms with Crippen molar-refractivity contribution in [3.63, 3.8) is 0 Å². The number of nitrogens with zero attached hydrogens (tertiary/aromatic N) is 2. The molecule has 0 fully saturated rings. The first-order valence-electron chi connectivity index (χ1n) is 3.25. The van der Waals surface area contributed by atoms with Crippen LogP contribution in [0.15, 0.2) is 10.6 Å². The number of hydrogen-bond acceptors (Lipinski definition) is 4. The predicted octanol–water partition coefficient (Wildman–Crippen LogP) is 1.67. The van der Waals surface area contributed by atoms with Crippen molar-refractivity contribution >= 4 is 43.1 Å². The van der Waals surface area contributed by atoms with E-state index in [9.17, 15) is 8.42 Å². The highest BCUT2D eigenvalue weighted by molar-refractivity contribution is 8.16. The molecule has 1 atom stereocenters. The lowest BCUT2D eigenvalue weighted by Crippen LogP contribution is -2.30. The van der Waals surface area contributed by atoms with Crippen LogP contribution in [0, 0.1) is 0 Å². The van der Waals surface area contributed by atoms with Crippen LogP contribution in [-0.2, 0) is 9.05 Å². The summed E-state index contributed by atoms with van der Waals surface area (Å²) in [5.41, 5.74) is -0.529. The van der Waals surface area contributed by atoms with Crippen LogP contribution < -0.4 is 0 Å². The smallest absolute Gasteiger partial charge is 0.217 e. The Bertz CT molecular complexity index is 353. The van der Waals surface area contributed by atoms with Gasteiger partial charge in [0.05, 0.1) is 5.70 Å². The summed E-state index contributed by atoms with van der Waals surface area (Å²) in [6, 6.07) is 0. The first-order chi connectivity index (χ1) is 5.76. The van der Waals surface area contributed by atoms with E-state index in [0.29, 0.717) is 5.70 Å². The number of hydrazine groups is 1. The van der Waals surface area contributed by atoms with E-state index in [2.05, 4.69) is 0 Å². The van der Waals surface area contributed by atoms with Crippen molar-refractivity contribution in [3.8, 4) is 0 Å². The molecule has 13 heavy (non-hydrogen) atoms. The molecule has 0 aromatic rings. The van der Waals surface area contributed by atoms with Crippen molar-refractivity contribution in [2.24, 2.45) is 0 Å². The van der Waals surface area contributed by atoms with Gasteiger partial charge in [0.1, 0.15) is 10.4 Å². The Balaban J connectivity index is 3.24. The van der Waals surface area contributed by atoms with Crippen molar-refractivity contribution in [1.82, 2.24) is 9.54 Å². The number of allylic oxidation sites excluding steroid dienone is 1. The lowest BCUT2D eigenvalue weighted by molar-refractivity contribution is 0.160. The number of halogens is 3. The summed E-state index contributed by atoms with van der Waals surface area (Å²) in [6.07, 6.45) is 0. The topological polar surface area (TPSA) is 40.6 Å². The average Bonchev–Trinajstić information content (AvgIpc) is 2.14. The molecule has 0 saturated carbocycles. The number of likely N-dealkylation sites (N-methyl/N-ethyl adjacent to an activating group) is 1. The molecule has 1 rings (SSSR count). The van der Waals surface area contributed by atoms with E-state index < -0.39 is 14.6 Å². The first kappa shape index (κ1) is 11.4. The maximum atomic E-state index is 11.1. The van der Waals surface area contributed by atoms with Crippen molar-refractivity contribution in [2.45, 2.75) is 12.4 Å². The zero-order valence-electron chi connectivity index (χ0n) is 6.83. The second-order valence-electron chi connectivity index (χ2n) is 2.56. The fraction of sp³-hybridized carbons (Fsp3) is 0.600. The lowest BCUT2D eigenvalue weighted by Gasteiger charge is -2.21. The van der Waals surface area contributed by atoms with E-state index >= 15 is 0 Å². The maximum Gasteiger partial charge on any atom is 0.262 e. The minimum Gasteiger partial charge on any atom is -0.217 e. The fourth-order valence-corrected chi connectivity index (χ4v) is 3.47. The highest BCUT2D eigenvalue weighted by atomic mass is 35.7. The van der Waals surface area contributed by atoms with Gasteiger partial charge in [-0.2, -0.15) is 5.01 Å². The van der Waals surface area contributed by atoms with Gasteiger partial charge in [-0.05, 0) is 6.92 Å². The van der Waals surface area contributed by atoms with Gasteiger partial charge >= 0.3 is 0 Å². The number of hydrogen-bond donors (Lipinski definition) is 0. The van der Waals surface area contributed by atoms with Crippen LogP contribution in [0.1, 0.15) is 6.92 Å². The average molecular weight is 266 g/mol. The molecule has 8 heteroatoms. The molecule has 0 aromatic heterocycles. The van der Waals surface area contributed by atoms with Gasteiger partial charge in [-0.15, -0.1) is 0 Å². The molecule has 1 aliphatic heterocycles. The summed E-state index contributed by atoms with van der Waals surface area (Å²) in [4.78, 5) is -0.0756. The zero-order valence-corrected chi connectivity index (χ0v) is 9.91. The van der Waals surface area contributed by atoms with E-state index in [-0.39, 0.29) is 4.91 Å². The van der Waals surface area contributed by atoms with Gasteiger partial charge < -0.3 is 0 Å². The summed E-state index contributed by atoms with van der Waals surface area (Å²) in [5, 5.41) is 1.35. The summed E-state index contributed by atoms with van der Waals surface area (Å²) in [5.74, 6) is 0. The Labute approximate surface area is 91.1 Å². The van der Waals surface area contributed by atoms with Gasteiger partial charge in [-0.1, -0.05) is 11.6 Å². The number of rotatable bonds is 1. The SMILES string of the molecule is CC1=C(S(=O)(=O)Cl)C(Cl)N(C)N1Cl. The monoisotopic (exact) mass is 264 g/mol. The summed E-state index contributed by atoms with van der Waals surface area (Å²) < 4.78 is 23.2.